The Morgan fingerprint density at radius 3 is 2.71 bits per heavy atom. The van der Waals surface area contributed by atoms with Gasteiger partial charge in [0.1, 0.15) is 11.6 Å². The molecule has 1 aromatic carbocycles. The summed E-state index contributed by atoms with van der Waals surface area (Å²) in [5, 5.41) is 0.167. The first kappa shape index (κ1) is 11.1. The van der Waals surface area contributed by atoms with Gasteiger partial charge in [-0.15, -0.1) is 0 Å². The van der Waals surface area contributed by atoms with Crippen molar-refractivity contribution < 1.29 is 13.9 Å². The van der Waals surface area contributed by atoms with Crippen LogP contribution in [-0.4, -0.2) is 13.4 Å². The number of hydrogen-bond donors (Lipinski definition) is 1. The van der Waals surface area contributed by atoms with Gasteiger partial charge in [0, 0.05) is 13.2 Å². The molecule has 1 rings (SSSR count). The maximum absolute atomic E-state index is 12.9. The number of anilines is 1. The third kappa shape index (κ3) is 2.49. The van der Waals surface area contributed by atoms with Crippen molar-refractivity contribution in [2.75, 3.05) is 12.8 Å². The van der Waals surface area contributed by atoms with Gasteiger partial charge < -0.3 is 15.2 Å². The lowest BCUT2D eigenvalue weighted by Gasteiger charge is -2.14. The monoisotopic (exact) mass is 219 g/mol. The molecular weight excluding hydrogens is 209 g/mol. The van der Waals surface area contributed by atoms with Gasteiger partial charge >= 0.3 is 0 Å². The van der Waals surface area contributed by atoms with Crippen LogP contribution in [0, 0.1) is 5.82 Å². The van der Waals surface area contributed by atoms with Crippen LogP contribution in [0.1, 0.15) is 6.92 Å². The van der Waals surface area contributed by atoms with Gasteiger partial charge in [-0.25, -0.2) is 4.39 Å². The number of ether oxygens (including phenoxy) is 2. The molecule has 0 aliphatic heterocycles. The van der Waals surface area contributed by atoms with Crippen molar-refractivity contribution >= 4 is 17.3 Å². The lowest BCUT2D eigenvalue weighted by Crippen LogP contribution is -2.14. The van der Waals surface area contributed by atoms with Crippen molar-refractivity contribution in [2.45, 2.75) is 13.2 Å². The molecule has 0 amide bonds. The lowest BCUT2D eigenvalue weighted by molar-refractivity contribution is -0.0382. The van der Waals surface area contributed by atoms with Crippen molar-refractivity contribution in [3.8, 4) is 5.75 Å². The average Bonchev–Trinajstić information content (AvgIpc) is 2.14. The van der Waals surface area contributed by atoms with Gasteiger partial charge in [-0.3, -0.25) is 0 Å². The summed E-state index contributed by atoms with van der Waals surface area (Å²) in [6, 6.07) is 2.43. The van der Waals surface area contributed by atoms with Crippen LogP contribution in [0.4, 0.5) is 10.1 Å². The summed E-state index contributed by atoms with van der Waals surface area (Å²) >= 11 is 5.73. The number of hydrogen-bond acceptors (Lipinski definition) is 3. The molecule has 0 heterocycles. The average molecular weight is 220 g/mol. The fourth-order valence-corrected chi connectivity index (χ4v) is 1.06. The molecule has 0 aliphatic carbocycles. The first-order valence-corrected chi connectivity index (χ1v) is 4.36. The highest BCUT2D eigenvalue weighted by Gasteiger charge is 2.09. The first-order valence-electron chi connectivity index (χ1n) is 3.98. The Kier molecular flexibility index (Phi) is 3.55. The SMILES string of the molecule is COC(C)Oc1cc(N)c(F)cc1Cl. The molecule has 0 fully saturated rings. The van der Waals surface area contributed by atoms with Gasteiger partial charge in [-0.2, -0.15) is 0 Å². The summed E-state index contributed by atoms with van der Waals surface area (Å²) in [6.45, 7) is 1.69. The molecular formula is C9H11ClFNO2. The second-order valence-electron chi connectivity index (χ2n) is 2.73. The van der Waals surface area contributed by atoms with E-state index >= 15 is 0 Å². The Balaban J connectivity index is 2.92. The Morgan fingerprint density at radius 1 is 1.50 bits per heavy atom. The number of nitrogens with two attached hydrogens (primary N) is 1. The van der Waals surface area contributed by atoms with E-state index in [4.69, 9.17) is 26.8 Å². The topological polar surface area (TPSA) is 44.5 Å². The molecule has 2 N–H and O–H groups in total. The van der Waals surface area contributed by atoms with Gasteiger partial charge in [0.25, 0.3) is 0 Å². The van der Waals surface area contributed by atoms with Crippen LogP contribution >= 0.6 is 11.6 Å². The molecule has 0 saturated heterocycles. The highest BCUT2D eigenvalue weighted by molar-refractivity contribution is 6.32. The zero-order chi connectivity index (χ0) is 10.7. The van der Waals surface area contributed by atoms with Gasteiger partial charge in [-0.05, 0) is 13.0 Å². The molecule has 5 heteroatoms. The predicted octanol–water partition coefficient (Wildman–Crippen LogP) is 2.43. The maximum Gasteiger partial charge on any atom is 0.196 e. The van der Waals surface area contributed by atoms with Crippen LogP contribution in [-0.2, 0) is 4.74 Å². The Bertz CT molecular complexity index is 333. The third-order valence-corrected chi connectivity index (χ3v) is 1.97. The molecule has 0 radical (unpaired) electrons. The minimum atomic E-state index is -0.563. The van der Waals surface area contributed by atoms with Crippen LogP contribution in [0.2, 0.25) is 5.02 Å². The number of benzene rings is 1. The van der Waals surface area contributed by atoms with E-state index in [9.17, 15) is 4.39 Å². The van der Waals surface area contributed by atoms with Crippen LogP contribution in [0.15, 0.2) is 12.1 Å². The fraction of sp³-hybridized carbons (Fsp3) is 0.333. The van der Waals surface area contributed by atoms with Crippen LogP contribution < -0.4 is 10.5 Å². The van der Waals surface area contributed by atoms with Crippen LogP contribution in [0.25, 0.3) is 0 Å². The standard InChI is InChI=1S/C9H11ClFNO2/c1-5(13-2)14-9-4-8(12)7(11)3-6(9)10/h3-5H,12H2,1-2H3. The number of rotatable bonds is 3. The number of halogens is 2. The molecule has 0 aromatic heterocycles. The van der Waals surface area contributed by atoms with E-state index in [1.807, 2.05) is 0 Å². The molecule has 0 saturated carbocycles. The molecule has 1 unspecified atom stereocenters. The van der Waals surface area contributed by atoms with E-state index in [0.29, 0.717) is 5.75 Å². The molecule has 1 aromatic rings. The molecule has 1 atom stereocenters. The van der Waals surface area contributed by atoms with Crippen molar-refractivity contribution in [2.24, 2.45) is 0 Å². The van der Waals surface area contributed by atoms with Crippen LogP contribution in [0.5, 0.6) is 5.75 Å². The van der Waals surface area contributed by atoms with Gasteiger partial charge in [0.2, 0.25) is 0 Å². The smallest absolute Gasteiger partial charge is 0.196 e. The second kappa shape index (κ2) is 4.48. The number of methoxy groups -OCH3 is 1. The van der Waals surface area contributed by atoms with Gasteiger partial charge in [0.05, 0.1) is 10.7 Å². The number of nitrogen functional groups attached to an aromatic ring is 1. The molecule has 3 nitrogen and oxygen atoms in total. The highest BCUT2D eigenvalue weighted by atomic mass is 35.5. The van der Waals surface area contributed by atoms with Gasteiger partial charge in [0.15, 0.2) is 6.29 Å². The van der Waals surface area contributed by atoms with E-state index in [0.717, 1.165) is 6.07 Å². The summed E-state index contributed by atoms with van der Waals surface area (Å²) in [7, 11) is 1.49. The van der Waals surface area contributed by atoms with Crippen molar-refractivity contribution in [3.05, 3.63) is 23.0 Å². The fourth-order valence-electron chi connectivity index (χ4n) is 0.862. The van der Waals surface area contributed by atoms with E-state index < -0.39 is 12.1 Å². The predicted molar refractivity (Wildman–Crippen MR) is 52.9 cm³/mol. The van der Waals surface area contributed by atoms with Crippen LogP contribution in [0.3, 0.4) is 0 Å². The highest BCUT2D eigenvalue weighted by Crippen LogP contribution is 2.29. The normalized spacial score (nSPS) is 12.6. The lowest BCUT2D eigenvalue weighted by atomic mass is 10.3. The minimum Gasteiger partial charge on any atom is -0.464 e. The van der Waals surface area contributed by atoms with Crippen molar-refractivity contribution in [3.63, 3.8) is 0 Å². The summed E-state index contributed by atoms with van der Waals surface area (Å²) in [5.41, 5.74) is 5.35. The van der Waals surface area contributed by atoms with E-state index in [1.165, 1.54) is 13.2 Å². The second-order valence-corrected chi connectivity index (χ2v) is 3.13. The van der Waals surface area contributed by atoms with Crippen molar-refractivity contribution in [1.29, 1.82) is 0 Å². The van der Waals surface area contributed by atoms with E-state index in [2.05, 4.69) is 0 Å². The van der Waals surface area contributed by atoms with Crippen molar-refractivity contribution in [1.82, 2.24) is 0 Å². The Morgan fingerprint density at radius 2 is 2.14 bits per heavy atom. The molecule has 0 bridgehead atoms. The van der Waals surface area contributed by atoms with E-state index in [-0.39, 0.29) is 10.7 Å². The maximum atomic E-state index is 12.9. The largest absolute Gasteiger partial charge is 0.464 e. The summed E-state index contributed by atoms with van der Waals surface area (Å²) < 4.78 is 23.0. The molecule has 0 spiro atoms. The quantitative estimate of drug-likeness (QED) is 0.627. The van der Waals surface area contributed by atoms with E-state index in [1.54, 1.807) is 6.92 Å². The minimum absolute atomic E-state index is 0.00676. The Labute approximate surface area is 86.6 Å². The Hall–Kier alpha value is -1.00. The summed E-state index contributed by atoms with van der Waals surface area (Å²) in [6.07, 6.45) is -0.461. The zero-order valence-corrected chi connectivity index (χ0v) is 8.64. The molecule has 78 valence electrons. The first-order chi connectivity index (χ1) is 6.54. The zero-order valence-electron chi connectivity index (χ0n) is 7.88. The molecule has 14 heavy (non-hydrogen) atoms. The molecule has 0 aliphatic rings. The summed E-state index contributed by atoms with van der Waals surface area (Å²) in [5.74, 6) is -0.257. The third-order valence-electron chi connectivity index (χ3n) is 1.68. The van der Waals surface area contributed by atoms with Gasteiger partial charge in [-0.1, -0.05) is 11.6 Å². The summed E-state index contributed by atoms with van der Waals surface area (Å²) in [4.78, 5) is 0.